The highest BCUT2D eigenvalue weighted by molar-refractivity contribution is 6.04. The Kier molecular flexibility index (Phi) is 3.39. The number of halogens is 3. The fourth-order valence-corrected chi connectivity index (χ4v) is 2.25. The topological polar surface area (TPSA) is 41.1 Å². The molecule has 3 rings (SSSR count). The summed E-state index contributed by atoms with van der Waals surface area (Å²) >= 11 is 0. The molecule has 0 fully saturated rings. The monoisotopic (exact) mass is 292 g/mol. The summed E-state index contributed by atoms with van der Waals surface area (Å²) in [5.41, 5.74) is 2.04. The fourth-order valence-electron chi connectivity index (χ4n) is 2.25. The van der Waals surface area contributed by atoms with Crippen LogP contribution in [-0.4, -0.2) is 5.91 Å². The Morgan fingerprint density at radius 3 is 2.48 bits per heavy atom. The summed E-state index contributed by atoms with van der Waals surface area (Å²) in [4.78, 5) is 12.0. The van der Waals surface area contributed by atoms with Crippen LogP contribution in [0.5, 0.6) is 0 Å². The van der Waals surface area contributed by atoms with Gasteiger partial charge in [-0.15, -0.1) is 0 Å². The van der Waals surface area contributed by atoms with Crippen molar-refractivity contribution in [1.82, 2.24) is 5.32 Å². The highest BCUT2D eigenvalue weighted by Gasteiger charge is 2.16. The average Bonchev–Trinajstić information content (AvgIpc) is 2.92. The Morgan fingerprint density at radius 2 is 1.67 bits per heavy atom. The first-order valence-corrected chi connectivity index (χ1v) is 6.33. The van der Waals surface area contributed by atoms with Crippen molar-refractivity contribution in [1.29, 1.82) is 0 Å². The van der Waals surface area contributed by atoms with E-state index in [0.29, 0.717) is 24.2 Å². The van der Waals surface area contributed by atoms with E-state index in [0.717, 1.165) is 17.7 Å². The van der Waals surface area contributed by atoms with Crippen LogP contribution in [0.3, 0.4) is 0 Å². The zero-order valence-corrected chi connectivity index (χ0v) is 10.8. The number of benzene rings is 2. The molecular weight excluding hydrogens is 281 g/mol. The molecule has 1 aliphatic heterocycles. The van der Waals surface area contributed by atoms with Crippen molar-refractivity contribution in [2.75, 3.05) is 5.32 Å². The minimum absolute atomic E-state index is 0.335. The van der Waals surface area contributed by atoms with Gasteiger partial charge in [-0.1, -0.05) is 6.07 Å². The highest BCUT2D eigenvalue weighted by atomic mass is 19.2. The van der Waals surface area contributed by atoms with E-state index in [4.69, 9.17) is 0 Å². The molecule has 1 aliphatic rings. The Hall–Kier alpha value is -2.34. The third kappa shape index (κ3) is 2.62. The van der Waals surface area contributed by atoms with Crippen LogP contribution in [-0.2, 0) is 13.1 Å². The standard InChI is InChI=1S/C15H11F3N2O/c16-11-4-13(18)14(5-12(11)17)20-15(21)8-1-2-9-6-19-7-10(9)3-8/h1-5,19H,6-7H2,(H,20,21). The largest absolute Gasteiger partial charge is 0.319 e. The minimum Gasteiger partial charge on any atom is -0.319 e. The molecule has 1 heterocycles. The molecule has 3 nitrogen and oxygen atoms in total. The van der Waals surface area contributed by atoms with Gasteiger partial charge in [0, 0.05) is 30.8 Å². The maximum atomic E-state index is 13.5. The number of anilines is 1. The molecule has 0 aromatic heterocycles. The van der Waals surface area contributed by atoms with Crippen molar-refractivity contribution in [3.63, 3.8) is 0 Å². The van der Waals surface area contributed by atoms with Crippen molar-refractivity contribution in [2.45, 2.75) is 13.1 Å². The Morgan fingerprint density at radius 1 is 0.952 bits per heavy atom. The van der Waals surface area contributed by atoms with Gasteiger partial charge in [-0.25, -0.2) is 13.2 Å². The van der Waals surface area contributed by atoms with Gasteiger partial charge in [0.1, 0.15) is 5.82 Å². The number of hydrogen-bond acceptors (Lipinski definition) is 2. The number of nitrogens with one attached hydrogen (secondary N) is 2. The fraction of sp³-hybridized carbons (Fsp3) is 0.133. The van der Waals surface area contributed by atoms with Crippen LogP contribution >= 0.6 is 0 Å². The summed E-state index contributed by atoms with van der Waals surface area (Å²) in [5, 5.41) is 5.39. The number of rotatable bonds is 2. The van der Waals surface area contributed by atoms with Gasteiger partial charge in [-0.3, -0.25) is 4.79 Å². The summed E-state index contributed by atoms with van der Waals surface area (Å²) in [6.07, 6.45) is 0. The van der Waals surface area contributed by atoms with Gasteiger partial charge in [0.25, 0.3) is 5.91 Å². The summed E-state index contributed by atoms with van der Waals surface area (Å²) in [6, 6.07) is 6.14. The number of fused-ring (bicyclic) bond motifs is 1. The summed E-state index contributed by atoms with van der Waals surface area (Å²) in [6.45, 7) is 1.41. The van der Waals surface area contributed by atoms with Crippen LogP contribution in [0.15, 0.2) is 30.3 Å². The number of amides is 1. The molecule has 2 aromatic carbocycles. The summed E-state index contributed by atoms with van der Waals surface area (Å²) in [7, 11) is 0. The van der Waals surface area contributed by atoms with Gasteiger partial charge in [0.2, 0.25) is 0 Å². The zero-order valence-electron chi connectivity index (χ0n) is 10.8. The third-order valence-electron chi connectivity index (χ3n) is 3.36. The molecule has 0 radical (unpaired) electrons. The second kappa shape index (κ2) is 5.21. The molecule has 0 atom stereocenters. The van der Waals surface area contributed by atoms with E-state index >= 15 is 0 Å². The van der Waals surface area contributed by atoms with Crippen molar-refractivity contribution in [2.24, 2.45) is 0 Å². The van der Waals surface area contributed by atoms with Crippen molar-refractivity contribution >= 4 is 11.6 Å². The molecule has 108 valence electrons. The van der Waals surface area contributed by atoms with Crippen LogP contribution in [0.1, 0.15) is 21.5 Å². The maximum absolute atomic E-state index is 13.5. The van der Waals surface area contributed by atoms with Gasteiger partial charge in [0.15, 0.2) is 11.6 Å². The van der Waals surface area contributed by atoms with Gasteiger partial charge < -0.3 is 10.6 Å². The maximum Gasteiger partial charge on any atom is 0.255 e. The van der Waals surface area contributed by atoms with Crippen LogP contribution in [0, 0.1) is 17.5 Å². The Labute approximate surface area is 118 Å². The van der Waals surface area contributed by atoms with Crippen LogP contribution < -0.4 is 10.6 Å². The lowest BCUT2D eigenvalue weighted by Crippen LogP contribution is -2.14. The summed E-state index contributed by atoms with van der Waals surface area (Å²) < 4.78 is 39.4. The molecule has 0 unspecified atom stereocenters. The normalized spacial score (nSPS) is 13.1. The van der Waals surface area contributed by atoms with Gasteiger partial charge >= 0.3 is 0 Å². The quantitative estimate of drug-likeness (QED) is 0.836. The third-order valence-corrected chi connectivity index (χ3v) is 3.36. The predicted molar refractivity (Wildman–Crippen MR) is 71.3 cm³/mol. The molecule has 2 N–H and O–H groups in total. The predicted octanol–water partition coefficient (Wildman–Crippen LogP) is 2.96. The van der Waals surface area contributed by atoms with E-state index < -0.39 is 29.0 Å². The molecule has 0 spiro atoms. The van der Waals surface area contributed by atoms with Crippen molar-refractivity contribution < 1.29 is 18.0 Å². The number of hydrogen-bond donors (Lipinski definition) is 2. The highest BCUT2D eigenvalue weighted by Crippen LogP contribution is 2.21. The van der Waals surface area contributed by atoms with E-state index in [1.165, 1.54) is 0 Å². The minimum atomic E-state index is -1.30. The van der Waals surface area contributed by atoms with E-state index in [-0.39, 0.29) is 0 Å². The van der Waals surface area contributed by atoms with Gasteiger partial charge in [0.05, 0.1) is 5.69 Å². The molecule has 1 amide bonds. The molecule has 0 aliphatic carbocycles. The smallest absolute Gasteiger partial charge is 0.255 e. The molecule has 21 heavy (non-hydrogen) atoms. The van der Waals surface area contributed by atoms with Crippen LogP contribution in [0.25, 0.3) is 0 Å². The SMILES string of the molecule is O=C(Nc1cc(F)c(F)cc1F)c1ccc2c(c1)CNC2. The summed E-state index contributed by atoms with van der Waals surface area (Å²) in [5.74, 6) is -4.11. The second-order valence-corrected chi connectivity index (χ2v) is 4.79. The molecule has 2 aromatic rings. The van der Waals surface area contributed by atoms with Crippen molar-refractivity contribution in [3.05, 3.63) is 64.5 Å². The van der Waals surface area contributed by atoms with E-state index in [9.17, 15) is 18.0 Å². The van der Waals surface area contributed by atoms with E-state index in [1.54, 1.807) is 12.1 Å². The zero-order chi connectivity index (χ0) is 15.0. The molecule has 0 saturated heterocycles. The van der Waals surface area contributed by atoms with E-state index in [2.05, 4.69) is 10.6 Å². The number of carbonyl (C=O) groups excluding carboxylic acids is 1. The van der Waals surface area contributed by atoms with Crippen LogP contribution in [0.4, 0.5) is 18.9 Å². The molecule has 6 heteroatoms. The lowest BCUT2D eigenvalue weighted by Gasteiger charge is -2.08. The van der Waals surface area contributed by atoms with Crippen molar-refractivity contribution in [3.8, 4) is 0 Å². The molecular formula is C15H11F3N2O. The lowest BCUT2D eigenvalue weighted by atomic mass is 10.1. The molecule has 0 saturated carbocycles. The van der Waals surface area contributed by atoms with E-state index in [1.807, 2.05) is 6.07 Å². The molecule has 0 bridgehead atoms. The Bertz CT molecular complexity index is 731. The number of carbonyl (C=O) groups is 1. The first-order chi connectivity index (χ1) is 10.0. The first kappa shape index (κ1) is 13.6. The second-order valence-electron chi connectivity index (χ2n) is 4.79. The van der Waals surface area contributed by atoms with Gasteiger partial charge in [-0.05, 0) is 23.3 Å². The average molecular weight is 292 g/mol. The van der Waals surface area contributed by atoms with Gasteiger partial charge in [-0.2, -0.15) is 0 Å². The Balaban J connectivity index is 1.85. The lowest BCUT2D eigenvalue weighted by molar-refractivity contribution is 0.102. The first-order valence-electron chi connectivity index (χ1n) is 6.33. The van der Waals surface area contributed by atoms with Crippen LogP contribution in [0.2, 0.25) is 0 Å².